The van der Waals surface area contributed by atoms with E-state index in [1.807, 2.05) is 0 Å². The number of amides is 1. The lowest BCUT2D eigenvalue weighted by atomic mass is 10.1. The fourth-order valence-electron chi connectivity index (χ4n) is 2.79. The van der Waals surface area contributed by atoms with Gasteiger partial charge in [0.15, 0.2) is 14.6 Å². The Hall–Kier alpha value is -2.38. The van der Waals surface area contributed by atoms with E-state index in [1.165, 1.54) is 31.4 Å². The Labute approximate surface area is 162 Å². The molecule has 142 valence electrons. The second-order valence-electron chi connectivity index (χ2n) is 6.32. The number of hydrogen-bond donors (Lipinski definition) is 1. The average Bonchev–Trinajstić information content (AvgIpc) is 3.49. The van der Waals surface area contributed by atoms with Crippen molar-refractivity contribution >= 4 is 33.3 Å². The third-order valence-corrected chi connectivity index (χ3v) is 7.35. The van der Waals surface area contributed by atoms with Gasteiger partial charge in [0.25, 0.3) is 0 Å². The molecule has 6 nitrogen and oxygen atoms in total. The molecule has 0 aromatic heterocycles. The minimum Gasteiger partial charge on any atom is -0.465 e. The van der Waals surface area contributed by atoms with E-state index >= 15 is 0 Å². The largest absolute Gasteiger partial charge is 0.465 e. The first-order valence-electron chi connectivity index (χ1n) is 8.26. The summed E-state index contributed by atoms with van der Waals surface area (Å²) >= 11 is 5.81. The predicted octanol–water partition coefficient (Wildman–Crippen LogP) is 2.75. The highest BCUT2D eigenvalue weighted by atomic mass is 35.5. The van der Waals surface area contributed by atoms with Crippen LogP contribution in [0.4, 0.5) is 0 Å². The summed E-state index contributed by atoms with van der Waals surface area (Å²) in [6.07, 6.45) is 0.566. The first-order chi connectivity index (χ1) is 12.8. The lowest BCUT2D eigenvalue weighted by Gasteiger charge is -2.16. The molecule has 2 aromatic rings. The number of sulfone groups is 1. The second-order valence-corrected chi connectivity index (χ2v) is 9.02. The summed E-state index contributed by atoms with van der Waals surface area (Å²) in [6, 6.07) is 12.3. The number of carbonyl (C=O) groups is 2. The summed E-state index contributed by atoms with van der Waals surface area (Å²) in [5.74, 6) is -0.967. The molecule has 1 amide bonds. The summed E-state index contributed by atoms with van der Waals surface area (Å²) < 4.78 is 29.0. The number of carbonyl (C=O) groups excluding carboxylic acids is 2. The number of methoxy groups -OCH3 is 1. The number of halogens is 1. The third kappa shape index (κ3) is 3.70. The minimum absolute atomic E-state index is 0.0852. The number of benzene rings is 2. The van der Waals surface area contributed by atoms with Crippen molar-refractivity contribution in [2.24, 2.45) is 0 Å². The van der Waals surface area contributed by atoms with Gasteiger partial charge in [-0.2, -0.15) is 0 Å². The number of hydrogen-bond acceptors (Lipinski definition) is 5. The Morgan fingerprint density at radius 3 is 2.19 bits per heavy atom. The molecule has 0 heterocycles. The van der Waals surface area contributed by atoms with E-state index in [1.54, 1.807) is 24.3 Å². The zero-order chi connectivity index (χ0) is 19.7. The Morgan fingerprint density at radius 1 is 1.07 bits per heavy atom. The standard InChI is InChI=1S/C19H18ClNO5S/c1-26-17(22)14-4-2-13(3-5-14)12-21-18(23)19(10-11-19)27(24,25)16-8-6-15(20)7-9-16/h2-9H,10-12H2,1H3,(H,21,23). The van der Waals surface area contributed by atoms with Crippen LogP contribution < -0.4 is 5.32 Å². The Kier molecular flexibility index (Phi) is 5.26. The maximum Gasteiger partial charge on any atom is 0.337 e. The molecule has 2 aromatic carbocycles. The smallest absolute Gasteiger partial charge is 0.337 e. The fourth-order valence-corrected chi connectivity index (χ4v) is 4.82. The van der Waals surface area contributed by atoms with Gasteiger partial charge >= 0.3 is 5.97 Å². The van der Waals surface area contributed by atoms with Gasteiger partial charge in [0.05, 0.1) is 17.6 Å². The zero-order valence-electron chi connectivity index (χ0n) is 14.6. The van der Waals surface area contributed by atoms with Crippen molar-refractivity contribution in [3.63, 3.8) is 0 Å². The third-order valence-electron chi connectivity index (χ3n) is 4.58. The van der Waals surface area contributed by atoms with Crippen molar-refractivity contribution in [1.82, 2.24) is 5.32 Å². The van der Waals surface area contributed by atoms with Gasteiger partial charge in [0.2, 0.25) is 5.91 Å². The molecule has 0 atom stereocenters. The highest BCUT2D eigenvalue weighted by molar-refractivity contribution is 7.94. The van der Waals surface area contributed by atoms with Crippen LogP contribution in [0.25, 0.3) is 0 Å². The maximum atomic E-state index is 12.9. The van der Waals surface area contributed by atoms with E-state index in [0.29, 0.717) is 10.6 Å². The molecular formula is C19H18ClNO5S. The van der Waals surface area contributed by atoms with Gasteiger partial charge in [0, 0.05) is 11.6 Å². The lowest BCUT2D eigenvalue weighted by molar-refractivity contribution is -0.121. The van der Waals surface area contributed by atoms with Crippen LogP contribution in [0.15, 0.2) is 53.4 Å². The van der Waals surface area contributed by atoms with Crippen molar-refractivity contribution in [2.75, 3.05) is 7.11 Å². The molecular weight excluding hydrogens is 390 g/mol. The molecule has 1 saturated carbocycles. The first kappa shape index (κ1) is 19.4. The van der Waals surface area contributed by atoms with Gasteiger partial charge in [-0.1, -0.05) is 23.7 Å². The van der Waals surface area contributed by atoms with Crippen LogP contribution in [0.2, 0.25) is 5.02 Å². The number of esters is 1. The van der Waals surface area contributed by atoms with Gasteiger partial charge in [-0.05, 0) is 54.8 Å². The molecule has 0 unspecified atom stereocenters. The molecule has 1 N–H and O–H groups in total. The number of ether oxygens (including phenoxy) is 1. The SMILES string of the molecule is COC(=O)c1ccc(CNC(=O)C2(S(=O)(=O)c3ccc(Cl)cc3)CC2)cc1. The molecule has 3 rings (SSSR count). The van der Waals surface area contributed by atoms with E-state index < -0.39 is 26.5 Å². The van der Waals surface area contributed by atoms with Crippen molar-refractivity contribution < 1.29 is 22.7 Å². The van der Waals surface area contributed by atoms with Crippen LogP contribution in [0.1, 0.15) is 28.8 Å². The molecule has 27 heavy (non-hydrogen) atoms. The van der Waals surface area contributed by atoms with Crippen LogP contribution in [0, 0.1) is 0 Å². The van der Waals surface area contributed by atoms with Gasteiger partial charge in [-0.25, -0.2) is 13.2 Å². The van der Waals surface area contributed by atoms with Crippen LogP contribution in [-0.4, -0.2) is 32.2 Å². The Balaban J connectivity index is 1.70. The molecule has 1 fully saturated rings. The van der Waals surface area contributed by atoms with E-state index in [4.69, 9.17) is 11.6 Å². The summed E-state index contributed by atoms with van der Waals surface area (Å²) in [5.41, 5.74) is 1.15. The molecule has 0 bridgehead atoms. The first-order valence-corrected chi connectivity index (χ1v) is 10.1. The molecule has 0 radical (unpaired) electrons. The molecule has 0 saturated heterocycles. The van der Waals surface area contributed by atoms with Crippen molar-refractivity contribution in [1.29, 1.82) is 0 Å². The maximum absolute atomic E-state index is 12.9. The topological polar surface area (TPSA) is 89.5 Å². The molecule has 1 aliphatic rings. The second kappa shape index (κ2) is 7.32. The van der Waals surface area contributed by atoms with E-state index in [9.17, 15) is 18.0 Å². The van der Waals surface area contributed by atoms with E-state index in [-0.39, 0.29) is 24.3 Å². The van der Waals surface area contributed by atoms with Crippen molar-refractivity contribution in [2.45, 2.75) is 29.0 Å². The predicted molar refractivity (Wildman–Crippen MR) is 100 cm³/mol. The zero-order valence-corrected chi connectivity index (χ0v) is 16.1. The number of nitrogens with one attached hydrogen (secondary N) is 1. The van der Waals surface area contributed by atoms with Crippen molar-refractivity contribution in [3.05, 3.63) is 64.7 Å². The number of rotatable bonds is 6. The van der Waals surface area contributed by atoms with Gasteiger partial charge in [0.1, 0.15) is 0 Å². The summed E-state index contributed by atoms with van der Waals surface area (Å²) in [7, 11) is -2.50. The Bertz CT molecular complexity index is 964. The molecule has 0 spiro atoms. The van der Waals surface area contributed by atoms with Crippen LogP contribution in [-0.2, 0) is 25.9 Å². The quantitative estimate of drug-likeness (QED) is 0.743. The summed E-state index contributed by atoms with van der Waals surface area (Å²) in [4.78, 5) is 24.1. The lowest BCUT2D eigenvalue weighted by Crippen LogP contribution is -2.41. The molecule has 1 aliphatic carbocycles. The van der Waals surface area contributed by atoms with Gasteiger partial charge in [-0.15, -0.1) is 0 Å². The summed E-state index contributed by atoms with van der Waals surface area (Å²) in [5, 5.41) is 3.12. The van der Waals surface area contributed by atoms with Crippen LogP contribution >= 0.6 is 11.6 Å². The highest BCUT2D eigenvalue weighted by Gasteiger charge is 2.61. The van der Waals surface area contributed by atoms with E-state index in [2.05, 4.69) is 10.1 Å². The van der Waals surface area contributed by atoms with Gasteiger partial charge < -0.3 is 10.1 Å². The minimum atomic E-state index is -3.80. The Morgan fingerprint density at radius 2 is 1.67 bits per heavy atom. The van der Waals surface area contributed by atoms with E-state index in [0.717, 1.165) is 5.56 Å². The fraction of sp³-hybridized carbons (Fsp3) is 0.263. The highest BCUT2D eigenvalue weighted by Crippen LogP contribution is 2.47. The monoisotopic (exact) mass is 407 g/mol. The molecule has 0 aliphatic heterocycles. The average molecular weight is 408 g/mol. The van der Waals surface area contributed by atoms with Crippen LogP contribution in [0.3, 0.4) is 0 Å². The normalized spacial score (nSPS) is 15.0. The van der Waals surface area contributed by atoms with Crippen molar-refractivity contribution in [3.8, 4) is 0 Å². The van der Waals surface area contributed by atoms with Crippen LogP contribution in [0.5, 0.6) is 0 Å². The molecule has 8 heteroatoms. The summed E-state index contributed by atoms with van der Waals surface area (Å²) in [6.45, 7) is 0.165. The van der Waals surface area contributed by atoms with Gasteiger partial charge in [-0.3, -0.25) is 4.79 Å².